The molecular formula is C12H18O2. The van der Waals surface area contributed by atoms with Gasteiger partial charge in [0.1, 0.15) is 12.4 Å². The summed E-state index contributed by atoms with van der Waals surface area (Å²) in [7, 11) is 0. The van der Waals surface area contributed by atoms with Crippen molar-refractivity contribution >= 4 is 0 Å². The number of unbranched alkanes of at least 4 members (excludes halogenated alkanes) is 2. The smallest absolute Gasteiger partial charge is 0.120 e. The molecular weight excluding hydrogens is 176 g/mol. The molecule has 1 aromatic rings. The van der Waals surface area contributed by atoms with Gasteiger partial charge in [0.05, 0.1) is 0 Å². The van der Waals surface area contributed by atoms with E-state index in [9.17, 15) is 0 Å². The normalized spacial score (nSPS) is 11.6. The Hall–Kier alpha value is -1.02. The molecule has 2 heteroatoms. The van der Waals surface area contributed by atoms with Gasteiger partial charge in [-0.3, -0.25) is 0 Å². The van der Waals surface area contributed by atoms with E-state index in [-0.39, 0.29) is 0 Å². The van der Waals surface area contributed by atoms with E-state index in [4.69, 9.17) is 9.84 Å². The molecule has 1 aliphatic heterocycles. The van der Waals surface area contributed by atoms with Crippen molar-refractivity contribution in [1.82, 2.24) is 0 Å². The SMILES string of the molecule is CCCCCO.c1cc2cc(c1)OC2. The fourth-order valence-corrected chi connectivity index (χ4v) is 1.25. The molecule has 2 rings (SSSR count). The molecule has 1 heterocycles. The van der Waals surface area contributed by atoms with Crippen molar-refractivity contribution in [2.75, 3.05) is 6.61 Å². The van der Waals surface area contributed by atoms with Crippen LogP contribution >= 0.6 is 0 Å². The molecule has 14 heavy (non-hydrogen) atoms. The maximum absolute atomic E-state index is 8.20. The first-order valence-corrected chi connectivity index (χ1v) is 5.19. The van der Waals surface area contributed by atoms with Crippen molar-refractivity contribution in [2.24, 2.45) is 0 Å². The number of benzene rings is 1. The van der Waals surface area contributed by atoms with Crippen molar-refractivity contribution < 1.29 is 9.84 Å². The Labute approximate surface area is 85.5 Å². The molecule has 1 aromatic carbocycles. The molecule has 0 aliphatic carbocycles. The highest BCUT2D eigenvalue weighted by Gasteiger charge is 2.03. The van der Waals surface area contributed by atoms with E-state index in [2.05, 4.69) is 19.1 Å². The van der Waals surface area contributed by atoms with Crippen molar-refractivity contribution in [3.63, 3.8) is 0 Å². The molecule has 0 unspecified atom stereocenters. The van der Waals surface area contributed by atoms with Gasteiger partial charge in [-0.2, -0.15) is 0 Å². The van der Waals surface area contributed by atoms with E-state index < -0.39 is 0 Å². The summed E-state index contributed by atoms with van der Waals surface area (Å²) in [5.41, 5.74) is 1.28. The predicted octanol–water partition coefficient (Wildman–Crippen LogP) is 2.75. The molecule has 78 valence electrons. The fourth-order valence-electron chi connectivity index (χ4n) is 1.25. The Morgan fingerprint density at radius 2 is 2.21 bits per heavy atom. The second-order valence-corrected chi connectivity index (χ2v) is 3.37. The van der Waals surface area contributed by atoms with Crippen molar-refractivity contribution in [2.45, 2.75) is 32.8 Å². The highest BCUT2D eigenvalue weighted by atomic mass is 16.5. The van der Waals surface area contributed by atoms with Gasteiger partial charge in [0.15, 0.2) is 0 Å². The minimum atomic E-state index is 0.355. The highest BCUT2D eigenvalue weighted by Crippen LogP contribution is 2.20. The van der Waals surface area contributed by atoms with E-state index in [0.717, 1.165) is 25.2 Å². The molecule has 0 fully saturated rings. The third-order valence-electron chi connectivity index (χ3n) is 2.07. The fraction of sp³-hybridized carbons (Fsp3) is 0.500. The lowest BCUT2D eigenvalue weighted by molar-refractivity contribution is 0.284. The van der Waals surface area contributed by atoms with Gasteiger partial charge in [-0.05, 0) is 24.1 Å². The topological polar surface area (TPSA) is 29.5 Å². The molecule has 0 saturated carbocycles. The summed E-state index contributed by atoms with van der Waals surface area (Å²) < 4.78 is 5.18. The van der Waals surface area contributed by atoms with Gasteiger partial charge in [-0.1, -0.05) is 31.9 Å². The quantitative estimate of drug-likeness (QED) is 0.750. The summed E-state index contributed by atoms with van der Waals surface area (Å²) in [6.45, 7) is 3.24. The molecule has 2 nitrogen and oxygen atoms in total. The zero-order chi connectivity index (χ0) is 10.2. The van der Waals surface area contributed by atoms with Crippen molar-refractivity contribution in [3.8, 4) is 5.75 Å². The number of hydrogen-bond acceptors (Lipinski definition) is 2. The average Bonchev–Trinajstić information content (AvgIpc) is 2.56. The van der Waals surface area contributed by atoms with Gasteiger partial charge in [0.25, 0.3) is 0 Å². The third kappa shape index (κ3) is 3.79. The number of aliphatic hydroxyl groups is 1. The molecule has 0 saturated heterocycles. The number of hydrogen-bond donors (Lipinski definition) is 1. The Morgan fingerprint density at radius 3 is 2.71 bits per heavy atom. The first-order chi connectivity index (χ1) is 6.86. The lowest BCUT2D eigenvalue weighted by Gasteiger charge is -1.88. The van der Waals surface area contributed by atoms with Gasteiger partial charge in [0.2, 0.25) is 0 Å². The van der Waals surface area contributed by atoms with E-state index in [1.165, 1.54) is 12.0 Å². The summed E-state index contributed by atoms with van der Waals surface area (Å²) in [5.74, 6) is 1.00. The number of rotatable bonds is 3. The second-order valence-electron chi connectivity index (χ2n) is 3.37. The summed E-state index contributed by atoms with van der Waals surface area (Å²) in [6, 6.07) is 8.10. The molecule has 0 spiro atoms. The lowest BCUT2D eigenvalue weighted by Crippen LogP contribution is -1.80. The maximum atomic E-state index is 8.20. The van der Waals surface area contributed by atoms with Crippen LogP contribution < -0.4 is 4.74 Å². The van der Waals surface area contributed by atoms with Gasteiger partial charge in [0, 0.05) is 6.61 Å². The molecule has 1 aliphatic rings. The van der Waals surface area contributed by atoms with Crippen LogP contribution in [0.5, 0.6) is 5.75 Å². The van der Waals surface area contributed by atoms with Gasteiger partial charge in [-0.15, -0.1) is 0 Å². The molecule has 2 bridgehead atoms. The van der Waals surface area contributed by atoms with Crippen molar-refractivity contribution in [1.29, 1.82) is 0 Å². The molecule has 0 amide bonds. The number of aliphatic hydroxyl groups excluding tert-OH is 1. The number of fused-ring (bicyclic) bond motifs is 2. The van der Waals surface area contributed by atoms with Crippen LogP contribution in [-0.2, 0) is 6.61 Å². The summed E-state index contributed by atoms with van der Waals surface area (Å²) >= 11 is 0. The summed E-state index contributed by atoms with van der Waals surface area (Å²) in [5, 5.41) is 8.20. The molecule has 0 radical (unpaired) electrons. The van der Waals surface area contributed by atoms with Gasteiger partial charge >= 0.3 is 0 Å². The highest BCUT2D eigenvalue weighted by molar-refractivity contribution is 5.32. The monoisotopic (exact) mass is 194 g/mol. The van der Waals surface area contributed by atoms with Crippen LogP contribution in [0.3, 0.4) is 0 Å². The second kappa shape index (κ2) is 6.44. The molecule has 0 aromatic heterocycles. The number of ether oxygens (including phenoxy) is 1. The van der Waals surface area contributed by atoms with E-state index in [1.807, 2.05) is 12.1 Å². The predicted molar refractivity (Wildman–Crippen MR) is 57.4 cm³/mol. The maximum Gasteiger partial charge on any atom is 0.120 e. The van der Waals surface area contributed by atoms with Crippen molar-refractivity contribution in [3.05, 3.63) is 29.8 Å². The van der Waals surface area contributed by atoms with Crippen LogP contribution in [0, 0.1) is 0 Å². The molecule has 0 atom stereocenters. The van der Waals surface area contributed by atoms with E-state index in [1.54, 1.807) is 0 Å². The third-order valence-corrected chi connectivity index (χ3v) is 2.07. The van der Waals surface area contributed by atoms with Crippen LogP contribution in [-0.4, -0.2) is 11.7 Å². The zero-order valence-corrected chi connectivity index (χ0v) is 8.70. The van der Waals surface area contributed by atoms with Crippen LogP contribution in [0.1, 0.15) is 31.7 Å². The van der Waals surface area contributed by atoms with Crippen LogP contribution in [0.4, 0.5) is 0 Å². The van der Waals surface area contributed by atoms with Gasteiger partial charge < -0.3 is 9.84 Å². The lowest BCUT2D eigenvalue weighted by atomic mass is 10.2. The average molecular weight is 194 g/mol. The van der Waals surface area contributed by atoms with Crippen LogP contribution in [0.25, 0.3) is 0 Å². The Balaban J connectivity index is 0.000000149. The Bertz CT molecular complexity index is 235. The summed E-state index contributed by atoms with van der Waals surface area (Å²) in [4.78, 5) is 0. The van der Waals surface area contributed by atoms with Crippen LogP contribution in [0.2, 0.25) is 0 Å². The first kappa shape index (κ1) is 11.1. The minimum absolute atomic E-state index is 0.355. The minimum Gasteiger partial charge on any atom is -0.489 e. The van der Waals surface area contributed by atoms with E-state index in [0.29, 0.717) is 6.61 Å². The van der Waals surface area contributed by atoms with E-state index >= 15 is 0 Å². The standard InChI is InChI=1S/C7H6O.C5H12O/c1-2-6-4-7(3-1)8-5-6;1-2-3-4-5-6/h1-4H,5H2;6H,2-5H2,1H3. The zero-order valence-electron chi connectivity index (χ0n) is 8.70. The Morgan fingerprint density at radius 1 is 1.36 bits per heavy atom. The first-order valence-electron chi connectivity index (χ1n) is 5.19. The van der Waals surface area contributed by atoms with Gasteiger partial charge in [-0.25, -0.2) is 0 Å². The van der Waals surface area contributed by atoms with Crippen LogP contribution in [0.15, 0.2) is 24.3 Å². The molecule has 1 N–H and O–H groups in total. The Kier molecular flexibility index (Phi) is 5.08. The largest absolute Gasteiger partial charge is 0.489 e. The summed E-state index contributed by atoms with van der Waals surface area (Å²) in [6.07, 6.45) is 3.33.